The first-order chi connectivity index (χ1) is 18.9. The van der Waals surface area contributed by atoms with E-state index in [4.69, 9.17) is 22.1 Å². The van der Waals surface area contributed by atoms with Crippen molar-refractivity contribution in [1.82, 2.24) is 24.4 Å². The predicted octanol–water partition coefficient (Wildman–Crippen LogP) is 3.14. The van der Waals surface area contributed by atoms with Gasteiger partial charge in [-0.1, -0.05) is 29.2 Å². The van der Waals surface area contributed by atoms with Crippen LogP contribution in [-0.2, 0) is 16.1 Å². The van der Waals surface area contributed by atoms with Gasteiger partial charge in [-0.2, -0.15) is 4.98 Å². The van der Waals surface area contributed by atoms with Crippen molar-refractivity contribution in [1.29, 1.82) is 0 Å². The summed E-state index contributed by atoms with van der Waals surface area (Å²) in [6, 6.07) is 1.66. The molecule has 1 fully saturated rings. The van der Waals surface area contributed by atoms with Gasteiger partial charge in [-0.05, 0) is 42.8 Å². The zero-order valence-corrected chi connectivity index (χ0v) is 22.3. The second-order valence-corrected chi connectivity index (χ2v) is 9.63. The standard InChI is InChI=1S/C27H27ClFN8O2/c1-4-22(38)36-12-16(10-17(36)8-9-39-3)13-37-27-23(26(30)31-14-32-27)20(34-37)7-6-18-19(28)11-21-25(24(18)29)33-15-35(21)5-2/h4,11,13-17H,1,5,8-10,12H2,2-3H3,(H2,30,31,32)/q+1/b37-13+/t16?,17-/m0/s1. The van der Waals surface area contributed by atoms with Crippen LogP contribution in [0, 0.1) is 23.6 Å². The van der Waals surface area contributed by atoms with Crippen molar-refractivity contribution in [2.75, 3.05) is 26.0 Å². The Morgan fingerprint density at radius 1 is 1.38 bits per heavy atom. The summed E-state index contributed by atoms with van der Waals surface area (Å²) in [5.74, 6) is 5.64. The number of aromatic nitrogens is 4. The van der Waals surface area contributed by atoms with E-state index in [1.165, 1.54) is 12.4 Å². The van der Waals surface area contributed by atoms with E-state index in [1.807, 2.05) is 13.1 Å². The number of rotatable bonds is 6. The lowest BCUT2D eigenvalue weighted by Gasteiger charge is -2.22. The third-order valence-electron chi connectivity index (χ3n) is 6.88. The number of hydrazone groups is 1. The highest BCUT2D eigenvalue weighted by atomic mass is 35.5. The number of methoxy groups -OCH3 is 1. The fourth-order valence-corrected chi connectivity index (χ4v) is 5.21. The van der Waals surface area contributed by atoms with E-state index in [-0.39, 0.29) is 45.5 Å². The zero-order chi connectivity index (χ0) is 27.7. The van der Waals surface area contributed by atoms with Crippen LogP contribution < -0.4 is 5.73 Å². The molecule has 1 aromatic carbocycles. The number of hydrogen-bond acceptors (Lipinski definition) is 7. The van der Waals surface area contributed by atoms with E-state index in [1.54, 1.807) is 33.7 Å². The minimum absolute atomic E-state index is 0.00806. The van der Waals surface area contributed by atoms with Crippen molar-refractivity contribution < 1.29 is 18.6 Å². The Kier molecular flexibility index (Phi) is 7.41. The van der Waals surface area contributed by atoms with Crippen molar-refractivity contribution in [2.24, 2.45) is 11.0 Å². The second-order valence-electron chi connectivity index (χ2n) is 9.22. The summed E-state index contributed by atoms with van der Waals surface area (Å²) in [4.78, 5) is 26.9. The lowest BCUT2D eigenvalue weighted by Crippen LogP contribution is -2.35. The molecule has 1 amide bonds. The summed E-state index contributed by atoms with van der Waals surface area (Å²) < 4.78 is 23.9. The maximum absolute atomic E-state index is 15.3. The molecule has 2 aliphatic rings. The third kappa shape index (κ3) is 4.89. The largest absolute Gasteiger partial charge is 0.385 e. The molecule has 0 bridgehead atoms. The Morgan fingerprint density at radius 2 is 2.21 bits per heavy atom. The molecular weight excluding hydrogens is 523 g/mol. The van der Waals surface area contributed by atoms with Crippen molar-refractivity contribution in [3.63, 3.8) is 0 Å². The summed E-state index contributed by atoms with van der Waals surface area (Å²) in [7, 11) is 1.63. The van der Waals surface area contributed by atoms with E-state index in [2.05, 4.69) is 38.5 Å². The van der Waals surface area contributed by atoms with Gasteiger partial charge in [0.2, 0.25) is 12.2 Å². The van der Waals surface area contributed by atoms with Gasteiger partial charge in [-0.15, -0.1) is 4.68 Å². The normalized spacial score (nSPS) is 19.2. The van der Waals surface area contributed by atoms with Gasteiger partial charge in [-0.25, -0.2) is 9.37 Å². The lowest BCUT2D eigenvalue weighted by atomic mass is 10.1. The van der Waals surface area contributed by atoms with Gasteiger partial charge in [0.25, 0.3) is 0 Å². The van der Waals surface area contributed by atoms with E-state index in [0.29, 0.717) is 43.0 Å². The van der Waals surface area contributed by atoms with Crippen LogP contribution in [0.5, 0.6) is 0 Å². The van der Waals surface area contributed by atoms with Crippen LogP contribution in [0.3, 0.4) is 0 Å². The van der Waals surface area contributed by atoms with Gasteiger partial charge in [0.1, 0.15) is 17.5 Å². The number of nitrogens with zero attached hydrogens (tertiary/aromatic N) is 7. The second kappa shape index (κ2) is 10.9. The van der Waals surface area contributed by atoms with Crippen molar-refractivity contribution in [3.05, 3.63) is 53.3 Å². The van der Waals surface area contributed by atoms with Crippen LogP contribution in [0.25, 0.3) is 11.0 Å². The summed E-state index contributed by atoms with van der Waals surface area (Å²) in [6.45, 7) is 7.22. The predicted molar refractivity (Wildman–Crippen MR) is 147 cm³/mol. The van der Waals surface area contributed by atoms with Crippen LogP contribution in [0.4, 0.5) is 16.0 Å². The molecule has 2 aliphatic heterocycles. The van der Waals surface area contributed by atoms with Crippen molar-refractivity contribution in [3.8, 4) is 11.8 Å². The van der Waals surface area contributed by atoms with Crippen LogP contribution in [-0.4, -0.2) is 73.2 Å². The number of carbonyl (C=O) groups is 1. The Labute approximate surface area is 229 Å². The molecule has 3 aromatic rings. The van der Waals surface area contributed by atoms with Crippen LogP contribution in [0.1, 0.15) is 30.9 Å². The Hall–Kier alpha value is -4.14. The molecule has 10 nitrogen and oxygen atoms in total. The number of ether oxygens (including phenoxy) is 1. The highest BCUT2D eigenvalue weighted by Crippen LogP contribution is 2.31. The molecule has 5 rings (SSSR count). The minimum atomic E-state index is -0.600. The number of imidazole rings is 1. The van der Waals surface area contributed by atoms with E-state index in [9.17, 15) is 4.79 Å². The third-order valence-corrected chi connectivity index (χ3v) is 7.18. The van der Waals surface area contributed by atoms with Crippen molar-refractivity contribution in [2.45, 2.75) is 32.4 Å². The van der Waals surface area contributed by atoms with E-state index < -0.39 is 5.82 Å². The van der Waals surface area contributed by atoms with Crippen LogP contribution >= 0.6 is 11.6 Å². The maximum Gasteiger partial charge on any atom is 0.363 e. The SMILES string of the molecule is C=CC(=O)N1CC(/C=[N+]2/N=C(C#Cc3c(Cl)cc4c(ncn4CC)c3F)c3c(N)ncnc32)C[C@@H]1CCOC. The first-order valence-corrected chi connectivity index (χ1v) is 12.8. The Morgan fingerprint density at radius 3 is 2.95 bits per heavy atom. The molecule has 2 atom stereocenters. The number of nitrogen functional groups attached to an aromatic ring is 1. The summed E-state index contributed by atoms with van der Waals surface area (Å²) in [6.07, 6.45) is 7.56. The summed E-state index contributed by atoms with van der Waals surface area (Å²) >= 11 is 6.42. The number of anilines is 1. The number of halogens is 2. The Balaban J connectivity index is 1.51. The molecule has 200 valence electrons. The number of carbonyl (C=O) groups excluding carboxylic acids is 1. The summed E-state index contributed by atoms with van der Waals surface area (Å²) in [5.41, 5.74) is 7.71. The molecular formula is C27H27ClFN8O2+. The molecule has 1 saturated heterocycles. The molecule has 0 aliphatic carbocycles. The fourth-order valence-electron chi connectivity index (χ4n) is 4.98. The van der Waals surface area contributed by atoms with Crippen LogP contribution in [0.2, 0.25) is 5.02 Å². The van der Waals surface area contributed by atoms with Gasteiger partial charge in [0.05, 0.1) is 22.4 Å². The smallest absolute Gasteiger partial charge is 0.363 e. The molecule has 0 radical (unpaired) electrons. The highest BCUT2D eigenvalue weighted by Gasteiger charge is 2.37. The molecule has 0 saturated carbocycles. The first-order valence-electron chi connectivity index (χ1n) is 12.5. The molecule has 12 heteroatoms. The maximum atomic E-state index is 15.3. The number of fused-ring (bicyclic) bond motifs is 2. The van der Waals surface area contributed by atoms with Gasteiger partial charge >= 0.3 is 5.82 Å². The van der Waals surface area contributed by atoms with Gasteiger partial charge in [-0.3, -0.25) is 4.79 Å². The lowest BCUT2D eigenvalue weighted by molar-refractivity contribution is -0.442. The number of likely N-dealkylation sites (tertiary alicyclic amines) is 1. The fraction of sp³-hybridized carbons (Fsp3) is 0.333. The molecule has 4 heterocycles. The van der Waals surface area contributed by atoms with Gasteiger partial charge in [0.15, 0.2) is 17.1 Å². The number of nitrogens with two attached hydrogens (primary N) is 1. The first kappa shape index (κ1) is 26.5. The highest BCUT2D eigenvalue weighted by molar-refractivity contribution is 6.32. The summed E-state index contributed by atoms with van der Waals surface area (Å²) in [5, 5.41) is 4.79. The average Bonchev–Trinajstić information content (AvgIpc) is 3.63. The van der Waals surface area contributed by atoms with Crippen molar-refractivity contribution >= 4 is 52.1 Å². The molecule has 1 unspecified atom stereocenters. The van der Waals surface area contributed by atoms with E-state index >= 15 is 4.39 Å². The van der Waals surface area contributed by atoms with Gasteiger partial charge < -0.3 is 19.9 Å². The molecule has 2 N–H and O–H groups in total. The zero-order valence-electron chi connectivity index (χ0n) is 21.6. The molecule has 39 heavy (non-hydrogen) atoms. The topological polar surface area (TPSA) is 115 Å². The number of amides is 1. The number of aryl methyl sites for hydroxylation is 1. The monoisotopic (exact) mass is 549 g/mol. The van der Waals surface area contributed by atoms with Gasteiger partial charge in [0, 0.05) is 38.8 Å². The average molecular weight is 550 g/mol. The number of hydrogen-bond donors (Lipinski definition) is 1. The number of benzene rings is 1. The quantitative estimate of drug-likeness (QED) is 0.287. The van der Waals surface area contributed by atoms with Crippen LogP contribution in [0.15, 0.2) is 36.5 Å². The molecule has 0 spiro atoms. The van der Waals surface area contributed by atoms with E-state index in [0.717, 1.165) is 6.42 Å². The Bertz CT molecular complexity index is 1600. The minimum Gasteiger partial charge on any atom is -0.385 e. The molecule has 2 aromatic heterocycles.